The molecule has 2 saturated heterocycles. The zero-order chi connectivity index (χ0) is 43.5. The van der Waals surface area contributed by atoms with Gasteiger partial charge in [0, 0.05) is 26.2 Å². The van der Waals surface area contributed by atoms with Gasteiger partial charge in [-0.1, -0.05) is 78.9 Å². The Balaban J connectivity index is 0.000000161. The Labute approximate surface area is 370 Å². The number of imidazole rings is 2. The molecule has 3 N–H and O–H groups in total. The predicted molar refractivity (Wildman–Crippen MR) is 245 cm³/mol. The van der Waals surface area contributed by atoms with E-state index < -0.39 is 12.2 Å². The number of ether oxygens (including phenoxy) is 1. The number of benzene rings is 3. The Morgan fingerprint density at radius 3 is 1.59 bits per heavy atom. The molecule has 1 saturated carbocycles. The number of hydrogen-bond donors (Lipinski definition) is 3. The second-order valence-electron chi connectivity index (χ2n) is 18.1. The maximum atomic E-state index is 12.5. The van der Waals surface area contributed by atoms with E-state index in [1.165, 1.54) is 33.4 Å². The van der Waals surface area contributed by atoms with E-state index in [9.17, 15) is 19.8 Å². The predicted octanol–water partition coefficient (Wildman–Crippen LogP) is 8.11. The SMILES string of the molecule is CC1=C(c2ccccc2)C(CC(O)C2CCC(OC(=O)c3ccccc3)CC2)n2cncc21.CC1=C(c2ccccc2)C(CC(O)C2CCN(C(=O)C3CNC3)CC2)n2cncc21. The summed E-state index contributed by atoms with van der Waals surface area (Å²) in [5, 5.41) is 25.6. The lowest BCUT2D eigenvalue weighted by Crippen LogP contribution is -2.53. The first-order valence-electron chi connectivity index (χ1n) is 22.9. The highest BCUT2D eigenvalue weighted by atomic mass is 16.5. The molecule has 328 valence electrons. The molecule has 5 aromatic rings. The van der Waals surface area contributed by atoms with Crippen LogP contribution in [0.5, 0.6) is 0 Å². The number of fused-ring (bicyclic) bond motifs is 2. The van der Waals surface area contributed by atoms with E-state index in [1.807, 2.05) is 60.3 Å². The number of nitrogens with one attached hydrogen (secondary N) is 1. The number of carbonyl (C=O) groups excluding carboxylic acids is 2. The van der Waals surface area contributed by atoms with Crippen molar-refractivity contribution in [2.24, 2.45) is 17.8 Å². The van der Waals surface area contributed by atoms with Crippen molar-refractivity contribution in [2.75, 3.05) is 26.2 Å². The molecule has 10 rings (SSSR count). The maximum Gasteiger partial charge on any atom is 0.338 e. The molecule has 0 radical (unpaired) electrons. The molecule has 3 aromatic carbocycles. The van der Waals surface area contributed by atoms with E-state index in [1.54, 1.807) is 12.1 Å². The molecule has 1 amide bonds. The number of allylic oxidation sites excluding steroid dienone is 4. The molecule has 63 heavy (non-hydrogen) atoms. The van der Waals surface area contributed by atoms with Gasteiger partial charge in [0.2, 0.25) is 5.91 Å². The Morgan fingerprint density at radius 2 is 1.13 bits per heavy atom. The van der Waals surface area contributed by atoms with Crippen molar-refractivity contribution in [1.82, 2.24) is 29.3 Å². The summed E-state index contributed by atoms with van der Waals surface area (Å²) in [6, 6.07) is 30.2. The highest BCUT2D eigenvalue weighted by Crippen LogP contribution is 2.47. The van der Waals surface area contributed by atoms with Crippen molar-refractivity contribution in [3.05, 3.63) is 144 Å². The molecule has 11 heteroatoms. The molecule has 5 aliphatic rings. The summed E-state index contributed by atoms with van der Waals surface area (Å²) >= 11 is 0. The number of likely N-dealkylation sites (tertiary alicyclic amines) is 1. The van der Waals surface area contributed by atoms with Crippen LogP contribution in [0.2, 0.25) is 0 Å². The molecular formula is C52H60N6O5. The van der Waals surface area contributed by atoms with Gasteiger partial charge in [-0.2, -0.15) is 0 Å². The fourth-order valence-electron chi connectivity index (χ4n) is 10.7. The average molecular weight is 849 g/mol. The largest absolute Gasteiger partial charge is 0.459 e. The molecule has 4 aliphatic heterocycles. The number of hydrogen-bond acceptors (Lipinski definition) is 8. The number of nitrogens with zero attached hydrogens (tertiary/aromatic N) is 5. The van der Waals surface area contributed by atoms with Crippen LogP contribution in [0.3, 0.4) is 0 Å². The van der Waals surface area contributed by atoms with Gasteiger partial charge < -0.3 is 34.3 Å². The van der Waals surface area contributed by atoms with Crippen LogP contribution in [0.4, 0.5) is 0 Å². The molecule has 11 nitrogen and oxygen atoms in total. The number of aliphatic hydroxyl groups excluding tert-OH is 2. The smallest absolute Gasteiger partial charge is 0.338 e. The topological polar surface area (TPSA) is 135 Å². The van der Waals surface area contributed by atoms with Gasteiger partial charge in [0.25, 0.3) is 0 Å². The van der Waals surface area contributed by atoms with Gasteiger partial charge in [-0.15, -0.1) is 0 Å². The van der Waals surface area contributed by atoms with Crippen LogP contribution in [0.1, 0.15) is 110 Å². The van der Waals surface area contributed by atoms with Gasteiger partial charge in [-0.05, 0) is 123 Å². The van der Waals surface area contributed by atoms with Crippen LogP contribution in [0, 0.1) is 17.8 Å². The fraction of sp³-hybridized carbons (Fsp3) is 0.423. The third-order valence-electron chi connectivity index (χ3n) is 14.4. The van der Waals surface area contributed by atoms with Crippen LogP contribution >= 0.6 is 0 Å². The van der Waals surface area contributed by atoms with Crippen molar-refractivity contribution in [3.63, 3.8) is 0 Å². The zero-order valence-corrected chi connectivity index (χ0v) is 36.4. The molecule has 0 spiro atoms. The molecule has 4 atom stereocenters. The summed E-state index contributed by atoms with van der Waals surface area (Å²) < 4.78 is 10.1. The Morgan fingerprint density at radius 1 is 0.667 bits per heavy atom. The third kappa shape index (κ3) is 8.96. The zero-order valence-electron chi connectivity index (χ0n) is 36.4. The van der Waals surface area contributed by atoms with Crippen molar-refractivity contribution >= 4 is 34.2 Å². The monoisotopic (exact) mass is 848 g/mol. The van der Waals surface area contributed by atoms with Crippen LogP contribution in [0.25, 0.3) is 22.3 Å². The third-order valence-corrected chi connectivity index (χ3v) is 14.4. The normalized spacial score (nSPS) is 23.3. The molecule has 4 unspecified atom stereocenters. The second-order valence-corrected chi connectivity index (χ2v) is 18.1. The van der Waals surface area contributed by atoms with Gasteiger partial charge in [-0.3, -0.25) is 4.79 Å². The lowest BCUT2D eigenvalue weighted by atomic mass is 9.80. The number of rotatable bonds is 11. The van der Waals surface area contributed by atoms with Crippen LogP contribution in [-0.4, -0.2) is 90.6 Å². The summed E-state index contributed by atoms with van der Waals surface area (Å²) in [6.45, 7) is 7.45. The Hall–Kier alpha value is -5.62. The second kappa shape index (κ2) is 19.0. The minimum atomic E-state index is -0.416. The Kier molecular flexibility index (Phi) is 12.9. The van der Waals surface area contributed by atoms with Crippen LogP contribution in [0.15, 0.2) is 116 Å². The number of amides is 1. The fourth-order valence-corrected chi connectivity index (χ4v) is 10.7. The lowest BCUT2D eigenvalue weighted by molar-refractivity contribution is -0.139. The van der Waals surface area contributed by atoms with Gasteiger partial charge in [0.05, 0.1) is 72.2 Å². The first-order valence-corrected chi connectivity index (χ1v) is 22.9. The van der Waals surface area contributed by atoms with E-state index >= 15 is 0 Å². The maximum absolute atomic E-state index is 12.5. The molecular weight excluding hydrogens is 789 g/mol. The summed E-state index contributed by atoms with van der Waals surface area (Å²) in [7, 11) is 0. The quantitative estimate of drug-likeness (QED) is 0.114. The minimum Gasteiger partial charge on any atom is -0.459 e. The van der Waals surface area contributed by atoms with Crippen molar-refractivity contribution in [1.29, 1.82) is 0 Å². The van der Waals surface area contributed by atoms with Gasteiger partial charge in [0.1, 0.15) is 6.10 Å². The van der Waals surface area contributed by atoms with Gasteiger partial charge in [0.15, 0.2) is 0 Å². The van der Waals surface area contributed by atoms with Crippen LogP contribution in [-0.2, 0) is 9.53 Å². The summed E-state index contributed by atoms with van der Waals surface area (Å²) in [5.74, 6) is 0.628. The van der Waals surface area contributed by atoms with Gasteiger partial charge in [-0.25, -0.2) is 14.8 Å². The summed E-state index contributed by atoms with van der Waals surface area (Å²) in [4.78, 5) is 35.6. The summed E-state index contributed by atoms with van der Waals surface area (Å²) in [5.41, 5.74) is 10.3. The van der Waals surface area contributed by atoms with Crippen LogP contribution < -0.4 is 5.32 Å². The van der Waals surface area contributed by atoms with E-state index in [0.717, 1.165) is 76.1 Å². The number of piperidine rings is 1. The van der Waals surface area contributed by atoms with Crippen molar-refractivity contribution in [2.45, 2.75) is 95.6 Å². The molecule has 2 aromatic heterocycles. The minimum absolute atomic E-state index is 0.0742. The number of aliphatic hydroxyl groups is 2. The number of aromatic nitrogens is 4. The van der Waals surface area contributed by atoms with Gasteiger partial charge >= 0.3 is 5.97 Å². The molecule has 6 heterocycles. The number of carbonyl (C=O) groups is 2. The Bertz CT molecular complexity index is 2410. The highest BCUT2D eigenvalue weighted by Gasteiger charge is 2.38. The molecule has 0 bridgehead atoms. The van der Waals surface area contributed by atoms with Crippen molar-refractivity contribution in [3.8, 4) is 0 Å². The van der Waals surface area contributed by atoms with E-state index in [0.29, 0.717) is 18.4 Å². The van der Waals surface area contributed by atoms with E-state index in [4.69, 9.17) is 4.74 Å². The molecule has 3 fully saturated rings. The average Bonchev–Trinajstić information content (AvgIpc) is 4.09. The van der Waals surface area contributed by atoms with Crippen molar-refractivity contribution < 1.29 is 24.5 Å². The number of esters is 1. The highest BCUT2D eigenvalue weighted by molar-refractivity contribution is 5.94. The lowest BCUT2D eigenvalue weighted by Gasteiger charge is -2.38. The van der Waals surface area contributed by atoms with E-state index in [2.05, 4.69) is 86.8 Å². The standard InChI is InChI=1S/C28H30N2O3.C24H30N4O2/c1-19-25-17-29-18-30(25)24(27(19)21-8-4-2-5-9-21)16-26(31)20-12-14-23(15-13-20)33-28(32)22-10-6-3-7-11-22;1-16-21-14-26-15-28(21)20(23(16)18-5-3-2-4-6-18)11-22(29)17-7-9-27(10-8-17)24(30)19-12-25-13-19/h2-11,17-18,20,23-24,26,31H,12-16H2,1H3;2-6,14-15,17,19-20,22,25,29H,7-13H2,1H3. The van der Waals surface area contributed by atoms with E-state index in [-0.39, 0.29) is 47.8 Å². The first kappa shape index (κ1) is 42.7. The first-order chi connectivity index (χ1) is 30.7. The summed E-state index contributed by atoms with van der Waals surface area (Å²) in [6.07, 6.45) is 13.1. The molecule has 1 aliphatic carbocycles.